The van der Waals surface area contributed by atoms with Crippen molar-refractivity contribution in [2.45, 2.75) is 0 Å². The Bertz CT molecular complexity index is 1620. The molecule has 7 heteroatoms. The summed E-state index contributed by atoms with van der Waals surface area (Å²) >= 11 is 0. The van der Waals surface area contributed by atoms with E-state index in [-0.39, 0.29) is 11.6 Å². The van der Waals surface area contributed by atoms with E-state index in [2.05, 4.69) is 25.1 Å². The molecule has 154 valence electrons. The standard InChI is InChI=1S/C25H16FN5O/c26-17-3-1-2-15(6-17)21-12-28-13-24-19(21)9-23(29-24)25-20-8-14(4-5-22(20)30-31-25)16-7-18(32)11-27-10-16/h1-13,29,32H,(H,30,31). The van der Waals surface area contributed by atoms with Crippen LogP contribution < -0.4 is 0 Å². The van der Waals surface area contributed by atoms with Crippen LogP contribution in [0.4, 0.5) is 4.39 Å². The van der Waals surface area contributed by atoms with E-state index in [4.69, 9.17) is 0 Å². The van der Waals surface area contributed by atoms with Crippen LogP contribution in [0.25, 0.3) is 55.4 Å². The van der Waals surface area contributed by atoms with Crippen LogP contribution in [0.1, 0.15) is 0 Å². The summed E-state index contributed by atoms with van der Waals surface area (Å²) < 4.78 is 13.8. The number of hydrogen-bond donors (Lipinski definition) is 3. The van der Waals surface area contributed by atoms with Crippen LogP contribution >= 0.6 is 0 Å². The molecule has 0 aliphatic carbocycles. The molecule has 0 saturated carbocycles. The van der Waals surface area contributed by atoms with Crippen LogP contribution in [0.15, 0.2) is 79.4 Å². The number of pyridine rings is 2. The zero-order valence-electron chi connectivity index (χ0n) is 16.7. The zero-order valence-corrected chi connectivity index (χ0v) is 16.7. The second-order valence-electron chi connectivity index (χ2n) is 7.61. The van der Waals surface area contributed by atoms with Gasteiger partial charge in [-0.2, -0.15) is 5.10 Å². The van der Waals surface area contributed by atoms with Crippen LogP contribution in [-0.4, -0.2) is 30.3 Å². The normalized spacial score (nSPS) is 11.4. The van der Waals surface area contributed by atoms with Crippen molar-refractivity contribution in [2.24, 2.45) is 0 Å². The monoisotopic (exact) mass is 421 g/mol. The number of nitrogens with one attached hydrogen (secondary N) is 2. The SMILES string of the molecule is Oc1cncc(-c2ccc3[nH]nc(-c4cc5c(-c6cccc(F)c6)cncc5[nH]4)c3c2)c1. The lowest BCUT2D eigenvalue weighted by Gasteiger charge is -2.03. The summed E-state index contributed by atoms with van der Waals surface area (Å²) in [6.07, 6.45) is 6.60. The maximum absolute atomic E-state index is 13.8. The molecule has 6 aromatic rings. The summed E-state index contributed by atoms with van der Waals surface area (Å²) in [5.41, 5.74) is 6.65. The summed E-state index contributed by atoms with van der Waals surface area (Å²) in [5.74, 6) is -0.175. The lowest BCUT2D eigenvalue weighted by molar-refractivity contribution is 0.473. The Kier molecular flexibility index (Phi) is 4.01. The van der Waals surface area contributed by atoms with Gasteiger partial charge in [0.05, 0.1) is 29.1 Å². The Hall–Kier alpha value is -4.52. The molecule has 6 nitrogen and oxygen atoms in total. The van der Waals surface area contributed by atoms with Crippen molar-refractivity contribution in [2.75, 3.05) is 0 Å². The average molecular weight is 421 g/mol. The second-order valence-corrected chi connectivity index (χ2v) is 7.61. The third-order valence-electron chi connectivity index (χ3n) is 5.56. The molecule has 0 bridgehead atoms. The minimum atomic E-state index is -0.289. The lowest BCUT2D eigenvalue weighted by Crippen LogP contribution is -1.83. The number of rotatable bonds is 3. The van der Waals surface area contributed by atoms with Crippen LogP contribution in [0, 0.1) is 5.82 Å². The summed E-state index contributed by atoms with van der Waals surface area (Å²) in [7, 11) is 0. The van der Waals surface area contributed by atoms with Crippen LogP contribution in [0.3, 0.4) is 0 Å². The first kappa shape index (κ1) is 18.3. The Labute approximate surface area is 181 Å². The smallest absolute Gasteiger partial charge is 0.134 e. The Balaban J connectivity index is 1.51. The van der Waals surface area contributed by atoms with E-state index >= 15 is 0 Å². The number of H-pyrrole nitrogens is 2. The molecule has 0 saturated heterocycles. The van der Waals surface area contributed by atoms with E-state index in [9.17, 15) is 9.50 Å². The van der Waals surface area contributed by atoms with Crippen molar-refractivity contribution >= 4 is 21.8 Å². The van der Waals surface area contributed by atoms with E-state index in [1.54, 1.807) is 30.7 Å². The van der Waals surface area contributed by atoms with Crippen molar-refractivity contribution in [3.63, 3.8) is 0 Å². The van der Waals surface area contributed by atoms with Crippen molar-refractivity contribution in [3.05, 3.63) is 85.2 Å². The summed E-state index contributed by atoms with van der Waals surface area (Å²) in [6, 6.07) is 16.1. The van der Waals surface area contributed by atoms with Crippen molar-refractivity contribution < 1.29 is 9.50 Å². The maximum atomic E-state index is 13.8. The number of hydrogen-bond acceptors (Lipinski definition) is 4. The topological polar surface area (TPSA) is 90.5 Å². The van der Waals surface area contributed by atoms with Gasteiger partial charge in [0, 0.05) is 34.3 Å². The van der Waals surface area contributed by atoms with Gasteiger partial charge >= 0.3 is 0 Å². The number of fused-ring (bicyclic) bond motifs is 2. The second kappa shape index (κ2) is 7.02. The molecule has 0 radical (unpaired) electrons. The number of aromatic hydroxyl groups is 1. The number of benzene rings is 2. The molecular weight excluding hydrogens is 405 g/mol. The third-order valence-corrected chi connectivity index (χ3v) is 5.56. The molecule has 4 heterocycles. The minimum absolute atomic E-state index is 0.114. The highest BCUT2D eigenvalue weighted by atomic mass is 19.1. The predicted molar refractivity (Wildman–Crippen MR) is 121 cm³/mol. The van der Waals surface area contributed by atoms with Crippen LogP contribution in [-0.2, 0) is 0 Å². The van der Waals surface area contributed by atoms with Crippen molar-refractivity contribution in [3.8, 4) is 39.4 Å². The number of nitrogens with zero attached hydrogens (tertiary/aromatic N) is 3. The molecule has 4 aromatic heterocycles. The molecule has 6 rings (SSSR count). The zero-order chi connectivity index (χ0) is 21.7. The van der Waals surface area contributed by atoms with Crippen molar-refractivity contribution in [1.29, 1.82) is 0 Å². The number of aromatic amines is 2. The fraction of sp³-hybridized carbons (Fsp3) is 0. The van der Waals surface area contributed by atoms with Gasteiger partial charge in [0.1, 0.15) is 17.3 Å². The van der Waals surface area contributed by atoms with Crippen molar-refractivity contribution in [1.82, 2.24) is 25.1 Å². The van der Waals surface area contributed by atoms with Crippen LogP contribution in [0.5, 0.6) is 5.75 Å². The Morgan fingerprint density at radius 2 is 1.66 bits per heavy atom. The first-order valence-corrected chi connectivity index (χ1v) is 10.0. The van der Waals surface area contributed by atoms with Gasteiger partial charge in [0.15, 0.2) is 0 Å². The summed E-state index contributed by atoms with van der Waals surface area (Å²) in [5, 5.41) is 19.2. The highest BCUT2D eigenvalue weighted by Gasteiger charge is 2.15. The number of aromatic nitrogens is 5. The molecule has 3 N–H and O–H groups in total. The minimum Gasteiger partial charge on any atom is -0.506 e. The molecule has 0 unspecified atom stereocenters. The summed E-state index contributed by atoms with van der Waals surface area (Å²) in [6.45, 7) is 0. The number of halogens is 1. The molecule has 2 aromatic carbocycles. The Morgan fingerprint density at radius 3 is 2.53 bits per heavy atom. The molecule has 0 fully saturated rings. The third kappa shape index (κ3) is 2.99. The van der Waals surface area contributed by atoms with Gasteiger partial charge in [0.2, 0.25) is 0 Å². The van der Waals surface area contributed by atoms with Gasteiger partial charge in [0.25, 0.3) is 0 Å². The lowest BCUT2D eigenvalue weighted by atomic mass is 10.0. The fourth-order valence-electron chi connectivity index (χ4n) is 4.05. The molecule has 32 heavy (non-hydrogen) atoms. The summed E-state index contributed by atoms with van der Waals surface area (Å²) in [4.78, 5) is 11.8. The van der Waals surface area contributed by atoms with E-state index in [1.807, 2.05) is 30.3 Å². The van der Waals surface area contributed by atoms with Gasteiger partial charge in [-0.15, -0.1) is 0 Å². The van der Waals surface area contributed by atoms with E-state index < -0.39 is 0 Å². The molecular formula is C25H16FN5O. The predicted octanol–water partition coefficient (Wildman–Crippen LogP) is 5.68. The van der Waals surface area contributed by atoms with Gasteiger partial charge in [-0.1, -0.05) is 18.2 Å². The van der Waals surface area contributed by atoms with E-state index in [0.29, 0.717) is 0 Å². The van der Waals surface area contributed by atoms with E-state index in [1.165, 1.54) is 18.3 Å². The fourth-order valence-corrected chi connectivity index (χ4v) is 4.05. The van der Waals surface area contributed by atoms with Gasteiger partial charge in [-0.3, -0.25) is 15.1 Å². The first-order valence-electron chi connectivity index (χ1n) is 10.0. The largest absolute Gasteiger partial charge is 0.506 e. The van der Waals surface area contributed by atoms with Gasteiger partial charge in [-0.25, -0.2) is 4.39 Å². The van der Waals surface area contributed by atoms with Crippen LogP contribution in [0.2, 0.25) is 0 Å². The first-order chi connectivity index (χ1) is 15.7. The quantitative estimate of drug-likeness (QED) is 0.343. The average Bonchev–Trinajstić information content (AvgIpc) is 3.42. The van der Waals surface area contributed by atoms with Gasteiger partial charge < -0.3 is 10.1 Å². The maximum Gasteiger partial charge on any atom is 0.134 e. The van der Waals surface area contributed by atoms with E-state index in [0.717, 1.165) is 55.4 Å². The molecule has 0 aliphatic heterocycles. The Morgan fingerprint density at radius 1 is 0.750 bits per heavy atom. The highest BCUT2D eigenvalue weighted by Crippen LogP contribution is 2.35. The van der Waals surface area contributed by atoms with Gasteiger partial charge in [-0.05, 0) is 47.5 Å². The highest BCUT2D eigenvalue weighted by molar-refractivity contribution is 6.01. The molecule has 0 amide bonds. The molecule has 0 atom stereocenters. The molecule has 0 aliphatic rings. The molecule has 0 spiro atoms.